The first-order valence-electron chi connectivity index (χ1n) is 13.4. The van der Waals surface area contributed by atoms with Crippen LogP contribution in [0.3, 0.4) is 0 Å². The van der Waals surface area contributed by atoms with Gasteiger partial charge in [0.2, 0.25) is 0 Å². The number of rotatable bonds is 4. The number of phenolic OH excluding ortho intramolecular Hbond substituents is 1. The Labute approximate surface area is 227 Å². The third-order valence-corrected chi connectivity index (χ3v) is 8.02. The van der Waals surface area contributed by atoms with Gasteiger partial charge in [0, 0.05) is 47.0 Å². The second kappa shape index (κ2) is 10.2. The number of benzene rings is 2. The molecule has 2 unspecified atom stereocenters. The van der Waals surface area contributed by atoms with Gasteiger partial charge >= 0.3 is 0 Å². The fourth-order valence-corrected chi connectivity index (χ4v) is 6.25. The van der Waals surface area contributed by atoms with Gasteiger partial charge in [0.15, 0.2) is 0 Å². The van der Waals surface area contributed by atoms with Crippen LogP contribution in [0.2, 0.25) is 0 Å². The van der Waals surface area contributed by atoms with E-state index < -0.39 is 17.8 Å². The molecule has 3 N–H and O–H groups in total. The Hall–Kier alpha value is -4.15. The summed E-state index contributed by atoms with van der Waals surface area (Å²) in [6.45, 7) is 4.01. The highest BCUT2D eigenvalue weighted by Gasteiger charge is 2.39. The standard InChI is InChI=1S/C32H31FN4O2/c1-19-13-20(7-11-25-22-8-9-23(25)18-37(2)17-22)14-29(34-19)32(39)36-31(26-16-24(33)10-12-30(26)38)28-15-21-5-3-4-6-27(21)35-28/h3-6,10,12-16,22-23,25,31,35,38H,8-9,17-18H2,1-2H3,(H,36,39)/t22-,23+,25?,31?. The monoisotopic (exact) mass is 522 g/mol. The molecule has 1 aliphatic heterocycles. The van der Waals surface area contributed by atoms with Crippen LogP contribution in [0, 0.1) is 42.3 Å². The number of piperidine rings is 1. The molecule has 7 heteroatoms. The number of H-pyrrole nitrogens is 1. The lowest BCUT2D eigenvalue weighted by atomic mass is 9.85. The lowest BCUT2D eigenvalue weighted by molar-refractivity contribution is 0.0936. The number of aromatic amines is 1. The number of para-hydroxylation sites is 1. The molecule has 6 rings (SSSR count). The molecule has 2 fully saturated rings. The average molecular weight is 523 g/mol. The number of pyridine rings is 1. The summed E-state index contributed by atoms with van der Waals surface area (Å²) in [5.74, 6) is 7.38. The minimum Gasteiger partial charge on any atom is -0.508 e. The fourth-order valence-electron chi connectivity index (χ4n) is 6.25. The number of nitrogens with one attached hydrogen (secondary N) is 2. The van der Waals surface area contributed by atoms with Crippen LogP contribution < -0.4 is 5.32 Å². The predicted molar refractivity (Wildman–Crippen MR) is 149 cm³/mol. The normalized spacial score (nSPS) is 21.4. The number of aromatic hydroxyl groups is 1. The van der Waals surface area contributed by atoms with Crippen molar-refractivity contribution in [1.82, 2.24) is 20.2 Å². The number of fused-ring (bicyclic) bond motifs is 3. The van der Waals surface area contributed by atoms with Crippen LogP contribution in [-0.2, 0) is 0 Å². The molecule has 39 heavy (non-hydrogen) atoms. The van der Waals surface area contributed by atoms with Crippen LogP contribution in [0.4, 0.5) is 4.39 Å². The van der Waals surface area contributed by atoms with Crippen molar-refractivity contribution in [3.8, 4) is 17.6 Å². The number of carbonyl (C=O) groups excluding carboxylic acids is 1. The Morgan fingerprint density at radius 2 is 1.90 bits per heavy atom. The van der Waals surface area contributed by atoms with Crippen LogP contribution >= 0.6 is 0 Å². The third-order valence-electron chi connectivity index (χ3n) is 8.02. The number of likely N-dealkylation sites (tertiary alicyclic amines) is 1. The van der Waals surface area contributed by atoms with Crippen molar-refractivity contribution in [3.63, 3.8) is 0 Å². The van der Waals surface area contributed by atoms with Crippen molar-refractivity contribution >= 4 is 16.8 Å². The Morgan fingerprint density at radius 3 is 2.67 bits per heavy atom. The second-order valence-corrected chi connectivity index (χ2v) is 10.9. The van der Waals surface area contributed by atoms with Crippen LogP contribution in [0.15, 0.2) is 60.7 Å². The highest BCUT2D eigenvalue weighted by molar-refractivity contribution is 5.93. The van der Waals surface area contributed by atoms with Gasteiger partial charge in [-0.2, -0.15) is 0 Å². The SMILES string of the molecule is Cc1cc(C#CC2[C@@H]3CC[C@H]2CN(C)C3)cc(C(=O)NC(c2cc3ccccc3[nH]2)c2cc(F)ccc2O)n1. The quantitative estimate of drug-likeness (QED) is 0.323. The Morgan fingerprint density at radius 1 is 1.13 bits per heavy atom. The molecular formula is C32H31FN4O2. The lowest BCUT2D eigenvalue weighted by Gasteiger charge is -2.33. The zero-order valence-corrected chi connectivity index (χ0v) is 22.0. The van der Waals surface area contributed by atoms with Gasteiger partial charge in [0.05, 0.1) is 6.04 Å². The number of aryl methyl sites for hydroxylation is 1. The largest absolute Gasteiger partial charge is 0.508 e. The first-order valence-corrected chi connectivity index (χ1v) is 13.4. The van der Waals surface area contributed by atoms with Crippen molar-refractivity contribution in [3.05, 3.63) is 94.7 Å². The molecular weight excluding hydrogens is 491 g/mol. The van der Waals surface area contributed by atoms with Gasteiger partial charge in [0.1, 0.15) is 17.3 Å². The summed E-state index contributed by atoms with van der Waals surface area (Å²) in [4.78, 5) is 23.7. The van der Waals surface area contributed by atoms with E-state index in [2.05, 4.69) is 39.1 Å². The zero-order valence-electron chi connectivity index (χ0n) is 22.0. The summed E-state index contributed by atoms with van der Waals surface area (Å²) < 4.78 is 14.2. The van der Waals surface area contributed by atoms with Gasteiger partial charge in [-0.15, -0.1) is 0 Å². The van der Waals surface area contributed by atoms with E-state index in [-0.39, 0.29) is 17.0 Å². The molecule has 3 heterocycles. The highest BCUT2D eigenvalue weighted by Crippen LogP contribution is 2.41. The molecule has 4 atom stereocenters. The maximum absolute atomic E-state index is 14.2. The number of hydrogen-bond donors (Lipinski definition) is 3. The van der Waals surface area contributed by atoms with Gasteiger partial charge in [-0.05, 0) is 86.5 Å². The van der Waals surface area contributed by atoms with Crippen LogP contribution in [0.5, 0.6) is 5.75 Å². The number of phenols is 1. The van der Waals surface area contributed by atoms with Crippen molar-refractivity contribution in [2.45, 2.75) is 25.8 Å². The number of nitrogens with zero attached hydrogens (tertiary/aromatic N) is 2. The summed E-state index contributed by atoms with van der Waals surface area (Å²) in [6, 6.07) is 16.1. The molecule has 4 aromatic rings. The first kappa shape index (κ1) is 25.1. The molecule has 2 bridgehead atoms. The summed E-state index contributed by atoms with van der Waals surface area (Å²) in [5.41, 5.74) is 3.41. The van der Waals surface area contributed by atoms with E-state index in [4.69, 9.17) is 0 Å². The van der Waals surface area contributed by atoms with E-state index >= 15 is 0 Å². The summed E-state index contributed by atoms with van der Waals surface area (Å²) in [6.07, 6.45) is 2.44. The van der Waals surface area contributed by atoms with E-state index in [1.165, 1.54) is 31.0 Å². The number of hydrogen-bond acceptors (Lipinski definition) is 4. The third kappa shape index (κ3) is 5.13. The van der Waals surface area contributed by atoms with Gasteiger partial charge in [-0.1, -0.05) is 30.0 Å². The van der Waals surface area contributed by atoms with Crippen molar-refractivity contribution < 1.29 is 14.3 Å². The summed E-state index contributed by atoms with van der Waals surface area (Å²) >= 11 is 0. The lowest BCUT2D eigenvalue weighted by Crippen LogP contribution is -2.38. The van der Waals surface area contributed by atoms with Gasteiger partial charge in [-0.25, -0.2) is 9.37 Å². The number of carbonyl (C=O) groups is 1. The molecule has 1 amide bonds. The molecule has 198 valence electrons. The smallest absolute Gasteiger partial charge is 0.270 e. The second-order valence-electron chi connectivity index (χ2n) is 10.9. The van der Waals surface area contributed by atoms with E-state index in [1.54, 1.807) is 6.07 Å². The average Bonchev–Trinajstić information content (AvgIpc) is 3.45. The number of aromatic nitrogens is 2. The van der Waals surface area contributed by atoms with Crippen molar-refractivity contribution in [1.29, 1.82) is 0 Å². The molecule has 6 nitrogen and oxygen atoms in total. The van der Waals surface area contributed by atoms with Crippen LogP contribution in [0.1, 0.15) is 51.9 Å². The summed E-state index contributed by atoms with van der Waals surface area (Å²) in [7, 11) is 2.18. The Kier molecular flexibility index (Phi) is 6.58. The van der Waals surface area contributed by atoms with Crippen molar-refractivity contribution in [2.24, 2.45) is 17.8 Å². The molecule has 2 aromatic carbocycles. The molecule has 2 aromatic heterocycles. The predicted octanol–water partition coefficient (Wildman–Crippen LogP) is 5.17. The van der Waals surface area contributed by atoms with E-state index in [1.807, 2.05) is 43.3 Å². The molecule has 1 saturated carbocycles. The van der Waals surface area contributed by atoms with Gasteiger partial charge in [0.25, 0.3) is 5.91 Å². The Bertz CT molecular complexity index is 1570. The zero-order chi connectivity index (χ0) is 27.1. The van der Waals surface area contributed by atoms with E-state index in [9.17, 15) is 14.3 Å². The topological polar surface area (TPSA) is 81.2 Å². The molecule has 2 aliphatic rings. The molecule has 1 saturated heterocycles. The van der Waals surface area contributed by atoms with E-state index in [0.717, 1.165) is 29.6 Å². The number of halogens is 1. The highest BCUT2D eigenvalue weighted by atomic mass is 19.1. The fraction of sp³-hybridized carbons (Fsp3) is 0.312. The summed E-state index contributed by atoms with van der Waals surface area (Å²) in [5, 5.41) is 14.5. The van der Waals surface area contributed by atoms with Gasteiger partial charge in [-0.3, -0.25) is 4.79 Å². The maximum atomic E-state index is 14.2. The molecule has 1 aliphatic carbocycles. The minimum atomic E-state index is -0.827. The van der Waals surface area contributed by atoms with Crippen LogP contribution in [0.25, 0.3) is 10.9 Å². The molecule has 0 spiro atoms. The van der Waals surface area contributed by atoms with Gasteiger partial charge < -0.3 is 20.3 Å². The van der Waals surface area contributed by atoms with Crippen LogP contribution in [-0.4, -0.2) is 46.0 Å². The Balaban J connectivity index is 1.31. The van der Waals surface area contributed by atoms with Crippen molar-refractivity contribution in [2.75, 3.05) is 20.1 Å². The number of amides is 1. The van der Waals surface area contributed by atoms with E-state index in [0.29, 0.717) is 29.1 Å². The minimum absolute atomic E-state index is 0.114. The maximum Gasteiger partial charge on any atom is 0.270 e. The first-order chi connectivity index (χ1) is 18.8. The molecule has 0 radical (unpaired) electrons.